The third-order valence-electron chi connectivity index (χ3n) is 6.67. The van der Waals surface area contributed by atoms with E-state index in [1.807, 2.05) is 35.6 Å². The van der Waals surface area contributed by atoms with Gasteiger partial charge in [-0.2, -0.15) is 9.49 Å². The molecule has 1 saturated heterocycles. The molecule has 0 radical (unpaired) electrons. The summed E-state index contributed by atoms with van der Waals surface area (Å²) in [6.45, 7) is 8.80. The van der Waals surface area contributed by atoms with E-state index >= 15 is 0 Å². The lowest BCUT2D eigenvalue weighted by Crippen LogP contribution is -2.40. The normalized spacial score (nSPS) is 15.4. The minimum Gasteiger partial charge on any atom is -0.494 e. The summed E-state index contributed by atoms with van der Waals surface area (Å²) in [4.78, 5) is 18.6. The van der Waals surface area contributed by atoms with Gasteiger partial charge in [0.25, 0.3) is 0 Å². The first-order chi connectivity index (χ1) is 18.9. The first-order valence-electron chi connectivity index (χ1n) is 12.9. The molecule has 2 aromatic heterocycles. The third-order valence-corrected chi connectivity index (χ3v) is 6.67. The van der Waals surface area contributed by atoms with Gasteiger partial charge in [-0.25, -0.2) is 0 Å². The second-order valence-corrected chi connectivity index (χ2v) is 9.68. The fourth-order valence-corrected chi connectivity index (χ4v) is 4.89. The summed E-state index contributed by atoms with van der Waals surface area (Å²) in [5, 5.41) is 5.88. The fraction of sp³-hybridized carbons (Fsp3) is 0.300. The van der Waals surface area contributed by atoms with Gasteiger partial charge < -0.3 is 19.1 Å². The van der Waals surface area contributed by atoms with Crippen LogP contribution in [0.5, 0.6) is 23.0 Å². The van der Waals surface area contributed by atoms with Crippen LogP contribution in [0.1, 0.15) is 32.7 Å². The molecule has 0 bridgehead atoms. The van der Waals surface area contributed by atoms with Crippen molar-refractivity contribution in [3.05, 3.63) is 73.3 Å². The van der Waals surface area contributed by atoms with E-state index in [0.717, 1.165) is 35.0 Å². The van der Waals surface area contributed by atoms with Crippen molar-refractivity contribution in [2.24, 2.45) is 0 Å². The fourth-order valence-electron chi connectivity index (χ4n) is 4.89. The summed E-state index contributed by atoms with van der Waals surface area (Å²) < 4.78 is 33.5. The number of carbonyl (C=O) groups excluding carboxylic acids is 1. The summed E-state index contributed by atoms with van der Waals surface area (Å²) in [5.74, 6) is 0.662. The smallest absolute Gasteiger partial charge is 0.246 e. The zero-order valence-corrected chi connectivity index (χ0v) is 22.3. The van der Waals surface area contributed by atoms with Crippen LogP contribution in [0.2, 0.25) is 0 Å². The monoisotopic (exact) mass is 530 g/mol. The minimum atomic E-state index is -0.561. The summed E-state index contributed by atoms with van der Waals surface area (Å²) in [5.41, 5.74) is 2.42. The molecule has 1 aliphatic rings. The highest BCUT2D eigenvalue weighted by molar-refractivity contribution is 5.96. The standard InChI is InChI=1S/C30H31FN4O4/c1-5-27(36)34-15-7-8-21(18-34)35-30-23(16-32-17-26(30)38-19(2)3)29(33-35)20-11-13-22(14-12-20)39-25-10-6-9-24(37-4)28(25)31/h5-6,9-14,16-17,19,21H,1,7-8,15,18H2,2-4H3. The van der Waals surface area contributed by atoms with E-state index in [4.69, 9.17) is 19.3 Å². The van der Waals surface area contributed by atoms with Gasteiger partial charge in [-0.05, 0) is 69.2 Å². The number of halogens is 1. The summed E-state index contributed by atoms with van der Waals surface area (Å²) in [6.07, 6.45) is 6.53. The maximum absolute atomic E-state index is 14.6. The van der Waals surface area contributed by atoms with Crippen molar-refractivity contribution in [1.29, 1.82) is 0 Å². The lowest BCUT2D eigenvalue weighted by molar-refractivity contribution is -0.127. The van der Waals surface area contributed by atoms with Crippen molar-refractivity contribution in [3.63, 3.8) is 0 Å². The van der Waals surface area contributed by atoms with Crippen molar-refractivity contribution < 1.29 is 23.4 Å². The second-order valence-electron chi connectivity index (χ2n) is 9.68. The molecule has 5 rings (SSSR count). The SMILES string of the molecule is C=CC(=O)N1CCCC(n2nc(-c3ccc(Oc4cccc(OC)c4F)cc3)c3cncc(OC(C)C)c32)C1. The molecule has 0 spiro atoms. The number of methoxy groups -OCH3 is 1. The largest absolute Gasteiger partial charge is 0.494 e. The molecule has 1 unspecified atom stereocenters. The molecule has 1 aliphatic heterocycles. The van der Waals surface area contributed by atoms with E-state index < -0.39 is 5.82 Å². The van der Waals surface area contributed by atoms with E-state index in [1.165, 1.54) is 19.3 Å². The number of nitrogens with zero attached hydrogens (tertiary/aromatic N) is 4. The summed E-state index contributed by atoms with van der Waals surface area (Å²) >= 11 is 0. The van der Waals surface area contributed by atoms with Gasteiger partial charge in [0.05, 0.1) is 30.8 Å². The number of piperidine rings is 1. The molecule has 0 aliphatic carbocycles. The molecule has 1 amide bonds. The van der Waals surface area contributed by atoms with Gasteiger partial charge in [0.1, 0.15) is 17.0 Å². The number of fused-ring (bicyclic) bond motifs is 1. The topological polar surface area (TPSA) is 78.7 Å². The molecule has 1 atom stereocenters. The van der Waals surface area contributed by atoms with Crippen LogP contribution in [0.15, 0.2) is 67.5 Å². The van der Waals surface area contributed by atoms with Crippen LogP contribution in [0.25, 0.3) is 22.2 Å². The first-order valence-corrected chi connectivity index (χ1v) is 12.9. The van der Waals surface area contributed by atoms with Crippen molar-refractivity contribution >= 4 is 16.8 Å². The Bertz CT molecular complexity index is 1500. The Morgan fingerprint density at radius 2 is 1.90 bits per heavy atom. The highest BCUT2D eigenvalue weighted by atomic mass is 19.1. The molecule has 39 heavy (non-hydrogen) atoms. The van der Waals surface area contributed by atoms with Gasteiger partial charge in [0.2, 0.25) is 11.7 Å². The van der Waals surface area contributed by atoms with Gasteiger partial charge in [-0.1, -0.05) is 12.6 Å². The van der Waals surface area contributed by atoms with E-state index in [9.17, 15) is 9.18 Å². The maximum atomic E-state index is 14.6. The van der Waals surface area contributed by atoms with Crippen molar-refractivity contribution in [2.45, 2.75) is 38.8 Å². The lowest BCUT2D eigenvalue weighted by atomic mass is 10.1. The van der Waals surface area contributed by atoms with Crippen LogP contribution in [0.4, 0.5) is 4.39 Å². The molecule has 1 fully saturated rings. The Morgan fingerprint density at radius 1 is 1.13 bits per heavy atom. The summed E-state index contributed by atoms with van der Waals surface area (Å²) in [7, 11) is 1.41. The van der Waals surface area contributed by atoms with Crippen molar-refractivity contribution in [3.8, 4) is 34.3 Å². The third kappa shape index (κ3) is 5.30. The number of amides is 1. The Kier molecular flexibility index (Phi) is 7.49. The maximum Gasteiger partial charge on any atom is 0.246 e. The van der Waals surface area contributed by atoms with E-state index in [-0.39, 0.29) is 29.6 Å². The van der Waals surface area contributed by atoms with Gasteiger partial charge >= 0.3 is 0 Å². The number of hydrogen-bond donors (Lipinski definition) is 0. The Morgan fingerprint density at radius 3 is 2.62 bits per heavy atom. The predicted molar refractivity (Wildman–Crippen MR) is 147 cm³/mol. The molecule has 9 heteroatoms. The van der Waals surface area contributed by atoms with Crippen molar-refractivity contribution in [1.82, 2.24) is 19.7 Å². The zero-order valence-electron chi connectivity index (χ0n) is 22.3. The second kappa shape index (κ2) is 11.1. The van der Waals surface area contributed by atoms with Crippen LogP contribution in [-0.4, -0.2) is 51.9 Å². The predicted octanol–water partition coefficient (Wildman–Crippen LogP) is 6.18. The molecule has 202 valence electrons. The number of rotatable bonds is 8. The Labute approximate surface area is 226 Å². The number of aromatic nitrogens is 3. The highest BCUT2D eigenvalue weighted by Crippen LogP contribution is 2.38. The Hall–Kier alpha value is -4.40. The zero-order chi connectivity index (χ0) is 27.5. The van der Waals surface area contributed by atoms with Gasteiger partial charge in [0.15, 0.2) is 17.2 Å². The van der Waals surface area contributed by atoms with E-state index in [0.29, 0.717) is 24.6 Å². The number of hydrogen-bond acceptors (Lipinski definition) is 6. The molecular weight excluding hydrogens is 499 g/mol. The van der Waals surface area contributed by atoms with Crippen LogP contribution in [0, 0.1) is 5.82 Å². The number of pyridine rings is 1. The number of benzene rings is 2. The quantitative estimate of drug-likeness (QED) is 0.253. The molecule has 3 heterocycles. The van der Waals surface area contributed by atoms with Crippen LogP contribution in [-0.2, 0) is 4.79 Å². The van der Waals surface area contributed by atoms with Crippen LogP contribution >= 0.6 is 0 Å². The minimum absolute atomic E-state index is 0.0329. The molecule has 4 aromatic rings. The van der Waals surface area contributed by atoms with Gasteiger partial charge in [0, 0.05) is 24.8 Å². The van der Waals surface area contributed by atoms with Crippen LogP contribution < -0.4 is 14.2 Å². The average molecular weight is 531 g/mol. The number of likely N-dealkylation sites (tertiary alicyclic amines) is 1. The number of ether oxygens (including phenoxy) is 3. The molecule has 8 nitrogen and oxygen atoms in total. The van der Waals surface area contributed by atoms with Gasteiger partial charge in [-0.3, -0.25) is 14.5 Å². The average Bonchev–Trinajstić information content (AvgIpc) is 3.35. The van der Waals surface area contributed by atoms with Crippen molar-refractivity contribution in [2.75, 3.05) is 20.2 Å². The molecule has 2 aromatic carbocycles. The summed E-state index contributed by atoms with van der Waals surface area (Å²) in [6, 6.07) is 12.0. The Balaban J connectivity index is 1.53. The van der Waals surface area contributed by atoms with E-state index in [2.05, 4.69) is 11.6 Å². The lowest BCUT2D eigenvalue weighted by Gasteiger charge is -2.32. The first kappa shape index (κ1) is 26.2. The molecule has 0 N–H and O–H groups in total. The molecular formula is C30H31FN4O4. The van der Waals surface area contributed by atoms with Gasteiger partial charge in [-0.15, -0.1) is 0 Å². The van der Waals surface area contributed by atoms with Crippen LogP contribution in [0.3, 0.4) is 0 Å². The number of carbonyl (C=O) groups is 1. The van der Waals surface area contributed by atoms with E-state index in [1.54, 1.807) is 36.7 Å². The highest BCUT2D eigenvalue weighted by Gasteiger charge is 2.28. The molecule has 0 saturated carbocycles.